The quantitative estimate of drug-likeness (QED) is 0.337. The zero-order chi connectivity index (χ0) is 24.4. The van der Waals surface area contributed by atoms with Crippen molar-refractivity contribution in [1.29, 1.82) is 0 Å². The Labute approximate surface area is 192 Å². The van der Waals surface area contributed by atoms with Gasteiger partial charge in [-0.1, -0.05) is 27.0 Å². The van der Waals surface area contributed by atoms with Crippen LogP contribution in [0.5, 0.6) is 5.75 Å². The number of halogens is 2. The van der Waals surface area contributed by atoms with E-state index in [2.05, 4.69) is 13.2 Å². The molecule has 0 saturated carbocycles. The molecule has 1 fully saturated rings. The van der Waals surface area contributed by atoms with E-state index in [0.29, 0.717) is 19.6 Å². The van der Waals surface area contributed by atoms with Crippen molar-refractivity contribution in [3.63, 3.8) is 0 Å². The Morgan fingerprint density at radius 3 is 2.15 bits per heavy atom. The second kappa shape index (κ2) is 13.1. The first-order valence-corrected chi connectivity index (χ1v) is 10.7. The maximum Gasteiger partial charge on any atom is 0.330 e. The highest BCUT2D eigenvalue weighted by Gasteiger charge is 2.29. The Morgan fingerprint density at radius 2 is 1.58 bits per heavy atom. The lowest BCUT2D eigenvalue weighted by Gasteiger charge is -2.31. The van der Waals surface area contributed by atoms with Gasteiger partial charge in [0.25, 0.3) is 0 Å². The Kier molecular flexibility index (Phi) is 10.5. The lowest BCUT2D eigenvalue weighted by Crippen LogP contribution is -2.29. The summed E-state index contributed by atoms with van der Waals surface area (Å²) < 4.78 is 55.6. The molecule has 0 spiro atoms. The van der Waals surface area contributed by atoms with Gasteiger partial charge in [-0.2, -0.15) is 4.39 Å². The monoisotopic (exact) mass is 468 g/mol. The smallest absolute Gasteiger partial charge is 0.330 e. The van der Waals surface area contributed by atoms with Gasteiger partial charge in [-0.05, 0) is 24.5 Å². The SMILES string of the molecule is C=CC(=O)OCC(C)COc1ccc(C2OCC(CC(C)COC(=O)C=C)CO2)c(F)c1F. The fraction of sp³-hybridized carbons (Fsp3) is 0.500. The van der Waals surface area contributed by atoms with Crippen LogP contribution in [0.2, 0.25) is 0 Å². The van der Waals surface area contributed by atoms with E-state index in [4.69, 9.17) is 23.7 Å². The fourth-order valence-corrected chi connectivity index (χ4v) is 3.18. The van der Waals surface area contributed by atoms with Crippen LogP contribution in [-0.4, -0.2) is 45.0 Å². The van der Waals surface area contributed by atoms with Gasteiger partial charge < -0.3 is 23.7 Å². The van der Waals surface area contributed by atoms with Crippen LogP contribution in [0, 0.1) is 29.4 Å². The molecule has 1 aliphatic rings. The second-order valence-electron chi connectivity index (χ2n) is 8.07. The van der Waals surface area contributed by atoms with Crippen molar-refractivity contribution < 1.29 is 42.1 Å². The van der Waals surface area contributed by atoms with Crippen LogP contribution in [0.15, 0.2) is 37.4 Å². The molecule has 0 aromatic heterocycles. The van der Waals surface area contributed by atoms with E-state index < -0.39 is 29.9 Å². The molecular formula is C24H30F2O7. The molecule has 9 heteroatoms. The normalized spacial score (nSPS) is 19.8. The molecule has 1 aromatic carbocycles. The summed E-state index contributed by atoms with van der Waals surface area (Å²) in [4.78, 5) is 22.2. The molecule has 1 saturated heterocycles. The highest BCUT2D eigenvalue weighted by Crippen LogP contribution is 2.33. The number of carbonyl (C=O) groups is 2. The minimum Gasteiger partial charge on any atom is -0.490 e. The molecule has 0 aliphatic carbocycles. The van der Waals surface area contributed by atoms with E-state index in [1.807, 2.05) is 6.92 Å². The highest BCUT2D eigenvalue weighted by molar-refractivity contribution is 5.81. The van der Waals surface area contributed by atoms with Gasteiger partial charge in [-0.25, -0.2) is 14.0 Å². The predicted octanol–water partition coefficient (Wildman–Crippen LogP) is 4.13. The minimum atomic E-state index is -1.14. The van der Waals surface area contributed by atoms with Gasteiger partial charge in [-0.3, -0.25) is 0 Å². The largest absolute Gasteiger partial charge is 0.490 e. The molecule has 0 bridgehead atoms. The number of hydrogen-bond acceptors (Lipinski definition) is 7. The Morgan fingerprint density at radius 1 is 1.00 bits per heavy atom. The first kappa shape index (κ1) is 26.5. The topological polar surface area (TPSA) is 80.3 Å². The molecule has 1 aliphatic heterocycles. The van der Waals surface area contributed by atoms with Gasteiger partial charge in [0, 0.05) is 29.6 Å². The van der Waals surface area contributed by atoms with Crippen molar-refractivity contribution in [2.24, 2.45) is 17.8 Å². The number of carbonyl (C=O) groups excluding carboxylic acids is 2. The summed E-state index contributed by atoms with van der Waals surface area (Å²) in [6, 6.07) is 2.67. The van der Waals surface area contributed by atoms with Gasteiger partial charge in [0.1, 0.15) is 0 Å². The lowest BCUT2D eigenvalue weighted by atomic mass is 9.97. The minimum absolute atomic E-state index is 0.0263. The summed E-state index contributed by atoms with van der Waals surface area (Å²) in [5.41, 5.74) is -0.0563. The zero-order valence-electron chi connectivity index (χ0n) is 18.9. The van der Waals surface area contributed by atoms with Gasteiger partial charge >= 0.3 is 11.9 Å². The Hall–Kier alpha value is -2.78. The van der Waals surface area contributed by atoms with Crippen LogP contribution in [0.4, 0.5) is 8.78 Å². The summed E-state index contributed by atoms with van der Waals surface area (Å²) >= 11 is 0. The van der Waals surface area contributed by atoms with E-state index in [9.17, 15) is 18.4 Å². The van der Waals surface area contributed by atoms with E-state index in [-0.39, 0.29) is 48.9 Å². The molecule has 0 amide bonds. The van der Waals surface area contributed by atoms with Gasteiger partial charge in [0.2, 0.25) is 5.82 Å². The fourth-order valence-electron chi connectivity index (χ4n) is 3.18. The van der Waals surface area contributed by atoms with Crippen LogP contribution in [0.1, 0.15) is 32.1 Å². The molecular weight excluding hydrogens is 438 g/mol. The molecule has 0 radical (unpaired) electrons. The Bertz CT molecular complexity index is 834. The molecule has 2 unspecified atom stereocenters. The maximum absolute atomic E-state index is 14.6. The zero-order valence-corrected chi connectivity index (χ0v) is 18.9. The first-order valence-electron chi connectivity index (χ1n) is 10.7. The first-order chi connectivity index (χ1) is 15.7. The lowest BCUT2D eigenvalue weighted by molar-refractivity contribution is -0.209. The molecule has 1 heterocycles. The average Bonchev–Trinajstić information content (AvgIpc) is 2.82. The van der Waals surface area contributed by atoms with E-state index in [1.54, 1.807) is 6.92 Å². The number of benzene rings is 1. The van der Waals surface area contributed by atoms with Crippen LogP contribution in [0.25, 0.3) is 0 Å². The summed E-state index contributed by atoms with van der Waals surface area (Å²) in [6.07, 6.45) is 1.80. The van der Waals surface area contributed by atoms with Gasteiger partial charge in [0.15, 0.2) is 17.9 Å². The summed E-state index contributed by atoms with van der Waals surface area (Å²) in [5, 5.41) is 0. The molecule has 2 atom stereocenters. The van der Waals surface area contributed by atoms with Crippen molar-refractivity contribution in [2.45, 2.75) is 26.6 Å². The third kappa shape index (κ3) is 8.25. The van der Waals surface area contributed by atoms with E-state index in [0.717, 1.165) is 12.2 Å². The predicted molar refractivity (Wildman–Crippen MR) is 115 cm³/mol. The van der Waals surface area contributed by atoms with Crippen molar-refractivity contribution >= 4 is 11.9 Å². The molecule has 182 valence electrons. The van der Waals surface area contributed by atoms with Crippen LogP contribution >= 0.6 is 0 Å². The highest BCUT2D eigenvalue weighted by atomic mass is 19.2. The third-order valence-corrected chi connectivity index (χ3v) is 4.91. The Balaban J connectivity index is 1.85. The standard InChI is InChI=1S/C24H30F2O7/c1-5-20(27)30-10-15(3)9-17-13-32-24(33-14-17)18-7-8-19(23(26)22(18)25)29-11-16(4)12-31-21(28)6-2/h5-8,15-17,24H,1-2,9-14H2,3-4H3. The van der Waals surface area contributed by atoms with Crippen LogP contribution in [-0.2, 0) is 28.5 Å². The maximum atomic E-state index is 14.6. The average molecular weight is 468 g/mol. The molecule has 1 aromatic rings. The third-order valence-electron chi connectivity index (χ3n) is 4.91. The van der Waals surface area contributed by atoms with Gasteiger partial charge in [-0.15, -0.1) is 0 Å². The summed E-state index contributed by atoms with van der Waals surface area (Å²) in [6.45, 7) is 11.2. The van der Waals surface area contributed by atoms with Crippen molar-refractivity contribution in [3.8, 4) is 5.75 Å². The molecule has 7 nitrogen and oxygen atoms in total. The van der Waals surface area contributed by atoms with E-state index in [1.165, 1.54) is 12.1 Å². The number of ether oxygens (including phenoxy) is 5. The number of hydrogen-bond donors (Lipinski definition) is 0. The van der Waals surface area contributed by atoms with Crippen molar-refractivity contribution in [1.82, 2.24) is 0 Å². The molecule has 2 rings (SSSR count). The number of esters is 2. The molecule has 33 heavy (non-hydrogen) atoms. The summed E-state index contributed by atoms with van der Waals surface area (Å²) in [7, 11) is 0. The van der Waals surface area contributed by atoms with Crippen molar-refractivity contribution in [3.05, 3.63) is 54.6 Å². The van der Waals surface area contributed by atoms with Crippen LogP contribution < -0.4 is 4.74 Å². The van der Waals surface area contributed by atoms with E-state index >= 15 is 0 Å². The summed E-state index contributed by atoms with van der Waals surface area (Å²) in [5.74, 6) is -3.67. The second-order valence-corrected chi connectivity index (χ2v) is 8.07. The molecule has 0 N–H and O–H groups in total. The van der Waals surface area contributed by atoms with Crippen molar-refractivity contribution in [2.75, 3.05) is 33.0 Å². The number of rotatable bonds is 12. The van der Waals surface area contributed by atoms with Gasteiger partial charge in [0.05, 0.1) is 33.0 Å². The van der Waals surface area contributed by atoms with Crippen LogP contribution in [0.3, 0.4) is 0 Å².